The van der Waals surface area contributed by atoms with Gasteiger partial charge in [0.1, 0.15) is 5.82 Å². The molecular weight excluding hydrogens is 341 g/mol. The number of amidine groups is 1. The molecule has 25 heavy (non-hydrogen) atoms. The zero-order valence-corrected chi connectivity index (χ0v) is 14.1. The predicted molar refractivity (Wildman–Crippen MR) is 98.0 cm³/mol. The van der Waals surface area contributed by atoms with Crippen LogP contribution in [0.4, 0.5) is 15.8 Å². The van der Waals surface area contributed by atoms with Crippen molar-refractivity contribution in [3.8, 4) is 0 Å². The summed E-state index contributed by atoms with van der Waals surface area (Å²) in [6.45, 7) is 1.43. The van der Waals surface area contributed by atoms with Gasteiger partial charge in [-0.3, -0.25) is 9.59 Å². The van der Waals surface area contributed by atoms with Gasteiger partial charge in [-0.15, -0.1) is 0 Å². The number of anilines is 1. The van der Waals surface area contributed by atoms with Crippen LogP contribution in [0.1, 0.15) is 12.5 Å². The zero-order chi connectivity index (χ0) is 17.8. The maximum atomic E-state index is 13.7. The monoisotopic (exact) mass is 355 g/mol. The van der Waals surface area contributed by atoms with Gasteiger partial charge in [0.05, 0.1) is 10.6 Å². The summed E-state index contributed by atoms with van der Waals surface area (Å²) < 4.78 is 13.7. The number of aliphatic imine (C=N–C) groups is 1. The molecule has 2 aromatic rings. The normalized spacial score (nSPS) is 17.0. The topological polar surface area (TPSA) is 70.6 Å². The van der Waals surface area contributed by atoms with Gasteiger partial charge in [-0.1, -0.05) is 18.2 Å². The largest absolute Gasteiger partial charge is 0.326 e. The average molecular weight is 355 g/mol. The molecular formula is C18H14FN3O2S. The Balaban J connectivity index is 1.77. The number of carbonyl (C=O) groups is 2. The number of carbonyl (C=O) groups excluding carboxylic acids is 2. The van der Waals surface area contributed by atoms with E-state index in [9.17, 15) is 14.0 Å². The number of hydrogen-bond donors (Lipinski definition) is 2. The number of nitrogens with zero attached hydrogens (tertiary/aromatic N) is 1. The third-order valence-electron chi connectivity index (χ3n) is 3.26. The van der Waals surface area contributed by atoms with Crippen molar-refractivity contribution in [2.75, 3.05) is 5.32 Å². The molecule has 1 aliphatic rings. The molecule has 0 bridgehead atoms. The molecule has 2 N–H and O–H groups in total. The summed E-state index contributed by atoms with van der Waals surface area (Å²) >= 11 is 1.15. The third-order valence-corrected chi connectivity index (χ3v) is 4.17. The molecule has 1 fully saturated rings. The Morgan fingerprint density at radius 3 is 2.60 bits per heavy atom. The number of amides is 2. The van der Waals surface area contributed by atoms with E-state index in [1.54, 1.807) is 42.5 Å². The summed E-state index contributed by atoms with van der Waals surface area (Å²) in [6, 6.07) is 13.1. The van der Waals surface area contributed by atoms with E-state index in [-0.39, 0.29) is 17.6 Å². The van der Waals surface area contributed by atoms with Crippen LogP contribution in [0, 0.1) is 5.82 Å². The molecule has 1 heterocycles. The first kappa shape index (κ1) is 16.9. The van der Waals surface area contributed by atoms with Gasteiger partial charge < -0.3 is 10.6 Å². The van der Waals surface area contributed by atoms with Crippen LogP contribution in [0.3, 0.4) is 0 Å². The summed E-state index contributed by atoms with van der Waals surface area (Å²) in [4.78, 5) is 27.7. The van der Waals surface area contributed by atoms with Gasteiger partial charge in [0.2, 0.25) is 5.91 Å². The molecule has 0 radical (unpaired) electrons. The predicted octanol–water partition coefficient (Wildman–Crippen LogP) is 3.68. The SMILES string of the molecule is CC(=O)Nc1ccc(N=C2NC(=O)/C(=C/c3ccccc3F)S2)cc1. The van der Waals surface area contributed by atoms with E-state index < -0.39 is 0 Å². The van der Waals surface area contributed by atoms with Crippen molar-refractivity contribution in [2.24, 2.45) is 4.99 Å². The van der Waals surface area contributed by atoms with Crippen LogP contribution in [0.25, 0.3) is 6.08 Å². The Morgan fingerprint density at radius 2 is 1.92 bits per heavy atom. The molecule has 0 unspecified atom stereocenters. The Morgan fingerprint density at radius 1 is 1.20 bits per heavy atom. The smallest absolute Gasteiger partial charge is 0.264 e. The van der Waals surface area contributed by atoms with Gasteiger partial charge in [-0.05, 0) is 48.2 Å². The van der Waals surface area contributed by atoms with Crippen molar-refractivity contribution < 1.29 is 14.0 Å². The van der Waals surface area contributed by atoms with Gasteiger partial charge in [-0.25, -0.2) is 9.38 Å². The van der Waals surface area contributed by atoms with Crippen LogP contribution in [-0.4, -0.2) is 17.0 Å². The van der Waals surface area contributed by atoms with Gasteiger partial charge in [0.25, 0.3) is 5.91 Å². The molecule has 1 saturated heterocycles. The van der Waals surface area contributed by atoms with Crippen molar-refractivity contribution >= 4 is 46.2 Å². The van der Waals surface area contributed by atoms with E-state index in [0.717, 1.165) is 11.8 Å². The first-order valence-corrected chi connectivity index (χ1v) is 8.25. The third kappa shape index (κ3) is 4.33. The van der Waals surface area contributed by atoms with Crippen molar-refractivity contribution in [1.29, 1.82) is 0 Å². The average Bonchev–Trinajstić information content (AvgIpc) is 2.90. The first-order chi connectivity index (χ1) is 12.0. The summed E-state index contributed by atoms with van der Waals surface area (Å²) in [6.07, 6.45) is 1.50. The lowest BCUT2D eigenvalue weighted by Gasteiger charge is -2.02. The summed E-state index contributed by atoms with van der Waals surface area (Å²) in [7, 11) is 0. The number of thioether (sulfide) groups is 1. The van der Waals surface area contributed by atoms with E-state index in [0.29, 0.717) is 27.0 Å². The van der Waals surface area contributed by atoms with Crippen molar-refractivity contribution in [2.45, 2.75) is 6.92 Å². The number of benzene rings is 2. The van der Waals surface area contributed by atoms with Crippen molar-refractivity contribution in [3.63, 3.8) is 0 Å². The summed E-state index contributed by atoms with van der Waals surface area (Å²) in [5.41, 5.74) is 1.64. The highest BCUT2D eigenvalue weighted by atomic mass is 32.2. The van der Waals surface area contributed by atoms with Crippen molar-refractivity contribution in [3.05, 3.63) is 64.8 Å². The standard InChI is InChI=1S/C18H14FN3O2S/c1-11(23)20-13-6-8-14(9-7-13)21-18-22-17(24)16(25-18)10-12-4-2-3-5-15(12)19/h2-10H,1H3,(H,20,23)(H,21,22,24)/b16-10-. The molecule has 2 aromatic carbocycles. The van der Waals surface area contributed by atoms with Crippen LogP contribution in [-0.2, 0) is 9.59 Å². The maximum Gasteiger partial charge on any atom is 0.264 e. The second-order valence-electron chi connectivity index (χ2n) is 5.23. The number of hydrogen-bond acceptors (Lipinski definition) is 4. The highest BCUT2D eigenvalue weighted by molar-refractivity contribution is 8.18. The van der Waals surface area contributed by atoms with Gasteiger partial charge >= 0.3 is 0 Å². The molecule has 0 aliphatic carbocycles. The van der Waals surface area contributed by atoms with E-state index in [2.05, 4.69) is 15.6 Å². The number of rotatable bonds is 3. The van der Waals surface area contributed by atoms with E-state index in [1.807, 2.05) is 0 Å². The van der Waals surface area contributed by atoms with Gasteiger partial charge in [0.15, 0.2) is 5.17 Å². The van der Waals surface area contributed by atoms with Crippen LogP contribution in [0.2, 0.25) is 0 Å². The fourth-order valence-electron chi connectivity index (χ4n) is 2.15. The molecule has 0 aromatic heterocycles. The molecule has 7 heteroatoms. The Hall–Kier alpha value is -2.93. The van der Waals surface area contributed by atoms with Gasteiger partial charge in [-0.2, -0.15) is 0 Å². The zero-order valence-electron chi connectivity index (χ0n) is 13.2. The minimum Gasteiger partial charge on any atom is -0.326 e. The second kappa shape index (κ2) is 7.31. The highest BCUT2D eigenvalue weighted by Crippen LogP contribution is 2.28. The molecule has 3 rings (SSSR count). The van der Waals surface area contributed by atoms with Crippen LogP contribution >= 0.6 is 11.8 Å². The Bertz CT molecular complexity index is 891. The van der Waals surface area contributed by atoms with Crippen molar-refractivity contribution in [1.82, 2.24) is 5.32 Å². The highest BCUT2D eigenvalue weighted by Gasteiger charge is 2.24. The second-order valence-corrected chi connectivity index (χ2v) is 6.26. The summed E-state index contributed by atoms with van der Waals surface area (Å²) in [5.74, 6) is -0.857. The van der Waals surface area contributed by atoms with Crippen LogP contribution < -0.4 is 10.6 Å². The molecule has 0 atom stereocenters. The fraction of sp³-hybridized carbons (Fsp3) is 0.0556. The lowest BCUT2D eigenvalue weighted by molar-refractivity contribution is -0.115. The van der Waals surface area contributed by atoms with Crippen LogP contribution in [0.15, 0.2) is 58.4 Å². The van der Waals surface area contributed by atoms with E-state index in [4.69, 9.17) is 0 Å². The van der Waals surface area contributed by atoms with E-state index >= 15 is 0 Å². The fourth-order valence-corrected chi connectivity index (χ4v) is 2.99. The summed E-state index contributed by atoms with van der Waals surface area (Å²) in [5, 5.41) is 5.73. The Kier molecular flexibility index (Phi) is 4.95. The van der Waals surface area contributed by atoms with Crippen LogP contribution in [0.5, 0.6) is 0 Å². The quantitative estimate of drug-likeness (QED) is 0.825. The molecule has 0 saturated carbocycles. The maximum absolute atomic E-state index is 13.7. The van der Waals surface area contributed by atoms with E-state index in [1.165, 1.54) is 19.1 Å². The lowest BCUT2D eigenvalue weighted by atomic mass is 10.2. The molecule has 2 amide bonds. The molecule has 126 valence electrons. The minimum absolute atomic E-state index is 0.152. The molecule has 1 aliphatic heterocycles. The number of halogens is 1. The lowest BCUT2D eigenvalue weighted by Crippen LogP contribution is -2.19. The minimum atomic E-state index is -0.387. The molecule has 0 spiro atoms. The molecule has 5 nitrogen and oxygen atoms in total. The Labute approximate surface area is 148 Å². The van der Waals surface area contributed by atoms with Gasteiger partial charge in [0, 0.05) is 18.2 Å². The number of nitrogens with one attached hydrogen (secondary N) is 2. The first-order valence-electron chi connectivity index (χ1n) is 7.43.